The Morgan fingerprint density at radius 1 is 1.32 bits per heavy atom. The lowest BCUT2D eigenvalue weighted by Crippen LogP contribution is -2.79. The number of rotatable bonds is 2. The molecule has 6 nitrogen and oxygen atoms in total. The molecule has 2 fully saturated rings. The molecule has 1 spiro atoms. The summed E-state index contributed by atoms with van der Waals surface area (Å²) in [7, 11) is 0. The summed E-state index contributed by atoms with van der Waals surface area (Å²) in [6, 6.07) is 0. The first-order valence-electron chi connectivity index (χ1n) is 6.56. The van der Waals surface area contributed by atoms with Crippen LogP contribution in [0.25, 0.3) is 0 Å². The number of ether oxygens (including phenoxy) is 1. The van der Waals surface area contributed by atoms with Crippen molar-refractivity contribution in [3.8, 4) is 0 Å². The summed E-state index contributed by atoms with van der Waals surface area (Å²) in [5.74, 6) is -1.09. The molecular formula is C13H21NO5. The lowest BCUT2D eigenvalue weighted by Gasteiger charge is -2.64. The van der Waals surface area contributed by atoms with Gasteiger partial charge in [-0.1, -0.05) is 6.42 Å². The quantitative estimate of drug-likeness (QED) is 0.703. The number of alkyl carbamates (subject to hydrolysis) is 1. The van der Waals surface area contributed by atoms with Crippen LogP contribution in [0.3, 0.4) is 0 Å². The molecule has 0 saturated heterocycles. The Balaban J connectivity index is 2.15. The van der Waals surface area contributed by atoms with Gasteiger partial charge in [0.15, 0.2) is 5.54 Å². The molecule has 0 aromatic rings. The lowest BCUT2D eigenvalue weighted by atomic mass is 9.43. The third-order valence-corrected chi connectivity index (χ3v) is 4.31. The first-order valence-corrected chi connectivity index (χ1v) is 6.56. The summed E-state index contributed by atoms with van der Waals surface area (Å²) in [4.78, 5) is 23.4. The van der Waals surface area contributed by atoms with Crippen molar-refractivity contribution in [2.45, 2.75) is 63.7 Å². The maximum atomic E-state index is 11.8. The normalized spacial score (nSPS) is 32.1. The van der Waals surface area contributed by atoms with Crippen molar-refractivity contribution in [2.75, 3.05) is 0 Å². The number of hydrogen-bond donors (Lipinski definition) is 3. The van der Waals surface area contributed by atoms with Crippen molar-refractivity contribution in [2.24, 2.45) is 5.41 Å². The Kier molecular flexibility index (Phi) is 3.04. The van der Waals surface area contributed by atoms with Crippen molar-refractivity contribution < 1.29 is 24.5 Å². The van der Waals surface area contributed by atoms with Crippen molar-refractivity contribution in [1.29, 1.82) is 0 Å². The molecule has 3 N–H and O–H groups in total. The molecule has 0 aromatic carbocycles. The number of carboxylic acids is 1. The number of hydrogen-bond acceptors (Lipinski definition) is 4. The van der Waals surface area contributed by atoms with Crippen LogP contribution in [0, 0.1) is 5.41 Å². The first kappa shape index (κ1) is 14.1. The Bertz CT molecular complexity index is 410. The van der Waals surface area contributed by atoms with Gasteiger partial charge < -0.3 is 20.3 Å². The van der Waals surface area contributed by atoms with E-state index < -0.39 is 34.7 Å². The van der Waals surface area contributed by atoms with Gasteiger partial charge in [-0.2, -0.15) is 0 Å². The minimum Gasteiger partial charge on any atom is -0.479 e. The van der Waals surface area contributed by atoms with Crippen LogP contribution < -0.4 is 5.32 Å². The second-order valence-electron chi connectivity index (χ2n) is 6.57. The fourth-order valence-corrected chi connectivity index (χ4v) is 3.17. The zero-order chi connectivity index (χ0) is 14.5. The van der Waals surface area contributed by atoms with Gasteiger partial charge in [0.25, 0.3) is 0 Å². The summed E-state index contributed by atoms with van der Waals surface area (Å²) >= 11 is 0. The third kappa shape index (κ3) is 1.98. The van der Waals surface area contributed by atoms with Crippen LogP contribution >= 0.6 is 0 Å². The van der Waals surface area contributed by atoms with Gasteiger partial charge in [0.2, 0.25) is 0 Å². The highest BCUT2D eigenvalue weighted by molar-refractivity contribution is 5.87. The molecule has 1 amide bonds. The van der Waals surface area contributed by atoms with Crippen molar-refractivity contribution in [3.63, 3.8) is 0 Å². The molecule has 2 aliphatic rings. The molecule has 0 aliphatic heterocycles. The molecule has 0 heterocycles. The van der Waals surface area contributed by atoms with Crippen molar-refractivity contribution >= 4 is 12.1 Å². The molecule has 0 radical (unpaired) electrons. The smallest absolute Gasteiger partial charge is 0.408 e. The van der Waals surface area contributed by atoms with Crippen LogP contribution in [0.15, 0.2) is 0 Å². The van der Waals surface area contributed by atoms with Crippen LogP contribution in [0.1, 0.15) is 46.5 Å². The highest BCUT2D eigenvalue weighted by atomic mass is 16.6. The van der Waals surface area contributed by atoms with Gasteiger partial charge in [0, 0.05) is 11.8 Å². The number of aliphatic carboxylic acids is 1. The average Bonchev–Trinajstić information content (AvgIpc) is 2.09. The fourth-order valence-electron chi connectivity index (χ4n) is 3.17. The maximum absolute atomic E-state index is 11.8. The first-order chi connectivity index (χ1) is 8.63. The number of nitrogens with one attached hydrogen (secondary N) is 1. The molecule has 19 heavy (non-hydrogen) atoms. The van der Waals surface area contributed by atoms with Crippen LogP contribution in [-0.2, 0) is 9.53 Å². The number of amides is 1. The van der Waals surface area contributed by atoms with Gasteiger partial charge in [-0.15, -0.1) is 0 Å². The van der Waals surface area contributed by atoms with E-state index in [4.69, 9.17) is 4.74 Å². The Labute approximate surface area is 112 Å². The maximum Gasteiger partial charge on any atom is 0.408 e. The molecule has 0 aromatic heterocycles. The van der Waals surface area contributed by atoms with E-state index in [2.05, 4.69) is 5.32 Å². The predicted molar refractivity (Wildman–Crippen MR) is 66.6 cm³/mol. The number of aliphatic hydroxyl groups is 1. The van der Waals surface area contributed by atoms with Gasteiger partial charge in [0.05, 0.1) is 6.10 Å². The van der Waals surface area contributed by atoms with Crippen molar-refractivity contribution in [1.82, 2.24) is 5.32 Å². The van der Waals surface area contributed by atoms with Gasteiger partial charge in [-0.05, 0) is 33.6 Å². The zero-order valence-electron chi connectivity index (χ0n) is 11.5. The summed E-state index contributed by atoms with van der Waals surface area (Å²) < 4.78 is 5.12. The minimum atomic E-state index is -1.38. The minimum absolute atomic E-state index is 0.0432. The second kappa shape index (κ2) is 4.10. The number of carbonyl (C=O) groups is 2. The van der Waals surface area contributed by atoms with E-state index >= 15 is 0 Å². The van der Waals surface area contributed by atoms with E-state index in [1.54, 1.807) is 20.8 Å². The van der Waals surface area contributed by atoms with Crippen LogP contribution in [-0.4, -0.2) is 39.5 Å². The van der Waals surface area contributed by atoms with E-state index in [0.717, 1.165) is 6.42 Å². The second-order valence-corrected chi connectivity index (χ2v) is 6.57. The monoisotopic (exact) mass is 271 g/mol. The molecule has 2 aliphatic carbocycles. The van der Waals surface area contributed by atoms with Crippen LogP contribution in [0.2, 0.25) is 0 Å². The molecule has 2 atom stereocenters. The summed E-state index contributed by atoms with van der Waals surface area (Å²) in [5.41, 5.74) is -2.78. The predicted octanol–water partition coefficient (Wildman–Crippen LogP) is 1.27. The van der Waals surface area contributed by atoms with Crippen LogP contribution in [0.5, 0.6) is 0 Å². The fraction of sp³-hybridized carbons (Fsp3) is 0.846. The van der Waals surface area contributed by atoms with Crippen LogP contribution in [0.4, 0.5) is 4.79 Å². The molecule has 2 rings (SSSR count). The molecule has 6 heteroatoms. The molecular weight excluding hydrogens is 250 g/mol. The van der Waals surface area contributed by atoms with E-state index in [1.165, 1.54) is 0 Å². The third-order valence-electron chi connectivity index (χ3n) is 4.31. The van der Waals surface area contributed by atoms with Crippen molar-refractivity contribution in [3.05, 3.63) is 0 Å². The lowest BCUT2D eigenvalue weighted by molar-refractivity contribution is -0.213. The van der Waals surface area contributed by atoms with Gasteiger partial charge in [-0.25, -0.2) is 9.59 Å². The highest BCUT2D eigenvalue weighted by Crippen LogP contribution is 2.62. The number of carbonyl (C=O) groups excluding carboxylic acids is 1. The Hall–Kier alpha value is -1.30. The highest BCUT2D eigenvalue weighted by Gasteiger charge is 2.72. The number of carboxylic acid groups (broad SMARTS) is 1. The van der Waals surface area contributed by atoms with E-state index in [-0.39, 0.29) is 6.42 Å². The van der Waals surface area contributed by atoms with E-state index in [0.29, 0.717) is 12.8 Å². The largest absolute Gasteiger partial charge is 0.479 e. The summed E-state index contributed by atoms with van der Waals surface area (Å²) in [6.07, 6.45) is 0.760. The standard InChI is InChI=1S/C13H21NO5/c1-11(2,3)19-10(18)14-13(9(16)17)7-8(15)12(13)5-4-6-12/h8,15H,4-7H2,1-3H3,(H,14,18)(H,16,17)/t8-,13+/m1/s1. The molecule has 108 valence electrons. The molecule has 0 bridgehead atoms. The van der Waals surface area contributed by atoms with Gasteiger partial charge in [-0.3, -0.25) is 0 Å². The van der Waals surface area contributed by atoms with E-state index in [9.17, 15) is 19.8 Å². The topological polar surface area (TPSA) is 95.9 Å². The summed E-state index contributed by atoms with van der Waals surface area (Å²) in [5, 5.41) is 21.8. The van der Waals surface area contributed by atoms with E-state index in [1.807, 2.05) is 0 Å². The zero-order valence-corrected chi connectivity index (χ0v) is 11.5. The summed E-state index contributed by atoms with van der Waals surface area (Å²) in [6.45, 7) is 5.15. The van der Waals surface area contributed by atoms with Gasteiger partial charge >= 0.3 is 12.1 Å². The number of aliphatic hydroxyl groups excluding tert-OH is 1. The SMILES string of the molecule is CC(C)(C)OC(=O)N[C@]1(C(=O)O)C[C@@H](O)C12CCC2. The Morgan fingerprint density at radius 3 is 2.21 bits per heavy atom. The Morgan fingerprint density at radius 2 is 1.89 bits per heavy atom. The molecule has 2 saturated carbocycles. The average molecular weight is 271 g/mol. The van der Waals surface area contributed by atoms with Gasteiger partial charge in [0.1, 0.15) is 5.60 Å². The molecule has 0 unspecified atom stereocenters.